The van der Waals surface area contributed by atoms with Gasteiger partial charge in [0.25, 0.3) is 0 Å². The van der Waals surface area contributed by atoms with Gasteiger partial charge in [0.1, 0.15) is 0 Å². The lowest BCUT2D eigenvalue weighted by Crippen LogP contribution is -2.00. The molecular weight excluding hydrogens is 452 g/mol. The van der Waals surface area contributed by atoms with Crippen LogP contribution < -0.4 is 9.47 Å². The zero-order valence-corrected chi connectivity index (χ0v) is 19.3. The van der Waals surface area contributed by atoms with Crippen molar-refractivity contribution in [3.8, 4) is 11.5 Å². The molecule has 0 aliphatic heterocycles. The Morgan fingerprint density at radius 1 is 0.677 bits per heavy atom. The molecule has 3 aromatic carbocycles. The first-order valence-electron chi connectivity index (χ1n) is 10.2. The molecule has 0 spiro atoms. The number of ether oxygens (including phenoxy) is 2. The van der Waals surface area contributed by atoms with Crippen LogP contribution in [0.15, 0.2) is 65.1 Å². The maximum atomic E-state index is 11.4. The molecule has 0 unspecified atom stereocenters. The fraction of sp³-hybridized carbons (Fsp3) is 0.148. The molecule has 0 heterocycles. The van der Waals surface area contributed by atoms with Crippen molar-refractivity contribution in [2.75, 3.05) is 13.2 Å². The minimum atomic E-state index is 0.545. The number of hydrogen-bond donors (Lipinski definition) is 0. The van der Waals surface area contributed by atoms with Gasteiger partial charge >= 0.3 is 0 Å². The number of carbonyl (C=O) groups excluding carboxylic acids is 1. The zero-order valence-electron chi connectivity index (χ0n) is 17.7. The summed E-state index contributed by atoms with van der Waals surface area (Å²) in [6.45, 7) is 5.00. The lowest BCUT2D eigenvalue weighted by Gasteiger charge is -2.14. The van der Waals surface area contributed by atoms with Crippen LogP contribution in [0.1, 0.15) is 46.5 Å². The molecular formula is C27H25BrO3. The van der Waals surface area contributed by atoms with Gasteiger partial charge < -0.3 is 9.47 Å². The van der Waals surface area contributed by atoms with Crippen LogP contribution in [0.4, 0.5) is 0 Å². The summed E-state index contributed by atoms with van der Waals surface area (Å²) in [6.07, 6.45) is 8.94. The Morgan fingerprint density at radius 2 is 1.13 bits per heavy atom. The maximum Gasteiger partial charge on any atom is 0.161 e. The van der Waals surface area contributed by atoms with Crippen molar-refractivity contribution in [3.63, 3.8) is 0 Å². The third-order valence-corrected chi connectivity index (χ3v) is 5.38. The zero-order chi connectivity index (χ0) is 22.1. The predicted molar refractivity (Wildman–Crippen MR) is 133 cm³/mol. The van der Waals surface area contributed by atoms with E-state index >= 15 is 0 Å². The van der Waals surface area contributed by atoms with E-state index in [1.165, 1.54) is 0 Å². The molecule has 0 saturated carbocycles. The van der Waals surface area contributed by atoms with Crippen molar-refractivity contribution in [3.05, 3.63) is 93.0 Å². The van der Waals surface area contributed by atoms with Gasteiger partial charge in [0.15, 0.2) is 17.8 Å². The van der Waals surface area contributed by atoms with Crippen molar-refractivity contribution in [2.45, 2.75) is 13.8 Å². The fourth-order valence-electron chi connectivity index (χ4n) is 3.16. The SMILES string of the molecule is CCOc1cc(C=Cc2ccccc2Br)c(C=Cc2ccccc2C=O)cc1OCC. The third-order valence-electron chi connectivity index (χ3n) is 4.66. The van der Waals surface area contributed by atoms with Crippen LogP contribution in [0.2, 0.25) is 0 Å². The number of carbonyl (C=O) groups is 1. The van der Waals surface area contributed by atoms with E-state index < -0.39 is 0 Å². The minimum absolute atomic E-state index is 0.545. The van der Waals surface area contributed by atoms with Crippen LogP contribution in [-0.2, 0) is 0 Å². The highest BCUT2D eigenvalue weighted by Crippen LogP contribution is 2.33. The van der Waals surface area contributed by atoms with Crippen molar-refractivity contribution in [1.29, 1.82) is 0 Å². The van der Waals surface area contributed by atoms with Crippen molar-refractivity contribution in [2.24, 2.45) is 0 Å². The first-order valence-corrected chi connectivity index (χ1v) is 11.0. The van der Waals surface area contributed by atoms with E-state index in [1.54, 1.807) is 0 Å². The second-order valence-electron chi connectivity index (χ2n) is 6.73. The van der Waals surface area contributed by atoms with Gasteiger partial charge in [-0.3, -0.25) is 4.79 Å². The smallest absolute Gasteiger partial charge is 0.161 e. The molecule has 0 aliphatic rings. The summed E-state index contributed by atoms with van der Waals surface area (Å²) in [5.41, 5.74) is 4.55. The van der Waals surface area contributed by atoms with Crippen LogP contribution in [0.25, 0.3) is 24.3 Å². The highest BCUT2D eigenvalue weighted by atomic mass is 79.9. The predicted octanol–water partition coefficient (Wildman–Crippen LogP) is 7.40. The Balaban J connectivity index is 2.07. The van der Waals surface area contributed by atoms with Gasteiger partial charge in [-0.25, -0.2) is 0 Å². The van der Waals surface area contributed by atoms with Gasteiger partial charge in [0, 0.05) is 10.0 Å². The van der Waals surface area contributed by atoms with Gasteiger partial charge in [0.2, 0.25) is 0 Å². The first-order chi connectivity index (χ1) is 15.2. The molecule has 3 nitrogen and oxygen atoms in total. The van der Waals surface area contributed by atoms with Gasteiger partial charge in [-0.05, 0) is 54.3 Å². The quantitative estimate of drug-likeness (QED) is 0.238. The Kier molecular flexibility index (Phi) is 8.25. The molecule has 0 N–H and O–H groups in total. The molecule has 0 aromatic heterocycles. The summed E-state index contributed by atoms with van der Waals surface area (Å²) in [5, 5.41) is 0. The number of hydrogen-bond acceptors (Lipinski definition) is 3. The molecule has 3 rings (SSSR count). The molecule has 0 bridgehead atoms. The van der Waals surface area contributed by atoms with Gasteiger partial charge in [0.05, 0.1) is 13.2 Å². The van der Waals surface area contributed by atoms with Crippen LogP contribution in [0.5, 0.6) is 11.5 Å². The lowest BCUT2D eigenvalue weighted by molar-refractivity contribution is 0.112. The highest BCUT2D eigenvalue weighted by molar-refractivity contribution is 9.10. The van der Waals surface area contributed by atoms with E-state index in [0.717, 1.165) is 33.0 Å². The average molecular weight is 477 g/mol. The topological polar surface area (TPSA) is 35.5 Å². The summed E-state index contributed by atoms with van der Waals surface area (Å²) in [4.78, 5) is 11.4. The van der Waals surface area contributed by atoms with Crippen molar-refractivity contribution < 1.29 is 14.3 Å². The van der Waals surface area contributed by atoms with Crippen LogP contribution >= 0.6 is 15.9 Å². The Hall–Kier alpha value is -3.11. The highest BCUT2D eigenvalue weighted by Gasteiger charge is 2.10. The maximum absolute atomic E-state index is 11.4. The molecule has 3 aromatic rings. The molecule has 4 heteroatoms. The number of benzene rings is 3. The van der Waals surface area contributed by atoms with Crippen molar-refractivity contribution in [1.82, 2.24) is 0 Å². The minimum Gasteiger partial charge on any atom is -0.490 e. The van der Waals surface area contributed by atoms with Crippen LogP contribution in [-0.4, -0.2) is 19.5 Å². The Labute approximate surface area is 192 Å². The molecule has 0 saturated heterocycles. The van der Waals surface area contributed by atoms with Gasteiger partial charge in [-0.1, -0.05) is 82.7 Å². The number of halogens is 1. The van der Waals surface area contributed by atoms with Gasteiger partial charge in [-0.2, -0.15) is 0 Å². The molecule has 0 radical (unpaired) electrons. The van der Waals surface area contributed by atoms with E-state index in [1.807, 2.05) is 80.6 Å². The normalized spacial score (nSPS) is 11.2. The van der Waals surface area contributed by atoms with Crippen LogP contribution in [0.3, 0.4) is 0 Å². The lowest BCUT2D eigenvalue weighted by atomic mass is 10.0. The first kappa shape index (κ1) is 22.6. The largest absolute Gasteiger partial charge is 0.490 e. The molecule has 0 atom stereocenters. The number of aldehydes is 1. The second-order valence-corrected chi connectivity index (χ2v) is 7.58. The molecule has 31 heavy (non-hydrogen) atoms. The Morgan fingerprint density at radius 3 is 1.65 bits per heavy atom. The summed E-state index contributed by atoms with van der Waals surface area (Å²) in [6, 6.07) is 19.5. The molecule has 158 valence electrons. The molecule has 0 fully saturated rings. The monoisotopic (exact) mass is 476 g/mol. The molecule has 0 amide bonds. The van der Waals surface area contributed by atoms with E-state index in [9.17, 15) is 4.79 Å². The average Bonchev–Trinajstić information content (AvgIpc) is 2.79. The summed E-state index contributed by atoms with van der Waals surface area (Å²) in [5.74, 6) is 1.41. The summed E-state index contributed by atoms with van der Waals surface area (Å²) >= 11 is 3.59. The number of rotatable bonds is 9. The standard InChI is InChI=1S/C27H25BrO3/c1-3-30-26-17-22(15-13-20-9-5-6-11-24(20)19-29)23(18-27(26)31-4-2)16-14-21-10-7-8-12-25(21)28/h5-19H,3-4H2,1-2H3. The fourth-order valence-corrected chi connectivity index (χ4v) is 3.57. The second kappa shape index (κ2) is 11.3. The van der Waals surface area contributed by atoms with E-state index in [2.05, 4.69) is 34.1 Å². The summed E-state index contributed by atoms with van der Waals surface area (Å²) < 4.78 is 12.7. The third kappa shape index (κ3) is 5.96. The van der Waals surface area contributed by atoms with Crippen LogP contribution in [0, 0.1) is 0 Å². The Bertz CT molecular complexity index is 1100. The van der Waals surface area contributed by atoms with E-state index in [0.29, 0.717) is 30.3 Å². The van der Waals surface area contributed by atoms with Crippen molar-refractivity contribution >= 4 is 46.5 Å². The summed E-state index contributed by atoms with van der Waals surface area (Å²) in [7, 11) is 0. The van der Waals surface area contributed by atoms with E-state index in [-0.39, 0.29) is 0 Å². The van der Waals surface area contributed by atoms with Gasteiger partial charge in [-0.15, -0.1) is 0 Å². The van der Waals surface area contributed by atoms with E-state index in [4.69, 9.17) is 9.47 Å². The molecule has 0 aliphatic carbocycles.